The van der Waals surface area contributed by atoms with Crippen molar-refractivity contribution in [3.05, 3.63) is 46.1 Å². The molecule has 1 heterocycles. The molecular formula is C20H26BrN5O. The van der Waals surface area contributed by atoms with Gasteiger partial charge in [0.1, 0.15) is 5.82 Å². The number of carbonyl (C=O) groups excluding carboxylic acids is 1. The molecule has 1 aliphatic carbocycles. The Labute approximate surface area is 168 Å². The molecule has 0 unspecified atom stereocenters. The fourth-order valence-electron chi connectivity index (χ4n) is 3.39. The molecule has 7 heteroatoms. The Morgan fingerprint density at radius 3 is 2.37 bits per heavy atom. The lowest BCUT2D eigenvalue weighted by Gasteiger charge is -2.30. The van der Waals surface area contributed by atoms with Gasteiger partial charge >= 0.3 is 0 Å². The van der Waals surface area contributed by atoms with Gasteiger partial charge < -0.3 is 15.5 Å². The lowest BCUT2D eigenvalue weighted by Crippen LogP contribution is -2.40. The molecule has 2 aromatic rings. The van der Waals surface area contributed by atoms with Crippen LogP contribution in [-0.2, 0) is 0 Å². The standard InChI is InChI=1S/C20H26BrN5O/c1-13-12-22-20(25-18(13)26(2)3)24-17-10-8-16(9-11-17)23-19(27)14-4-6-15(21)7-5-14/h4-7,12,16-17H,8-11H2,1-3H3,(H,23,27)(H,22,24,25). The minimum absolute atomic E-state index is 0.00333. The van der Waals surface area contributed by atoms with Crippen molar-refractivity contribution < 1.29 is 4.79 Å². The molecule has 1 aromatic carbocycles. The van der Waals surface area contributed by atoms with Crippen LogP contribution >= 0.6 is 15.9 Å². The Kier molecular flexibility index (Phi) is 6.31. The number of nitrogens with one attached hydrogen (secondary N) is 2. The normalized spacial score (nSPS) is 19.4. The average Bonchev–Trinajstić information content (AvgIpc) is 2.65. The Balaban J connectivity index is 1.51. The van der Waals surface area contributed by atoms with Crippen LogP contribution in [0.25, 0.3) is 0 Å². The van der Waals surface area contributed by atoms with Crippen LogP contribution in [-0.4, -0.2) is 42.1 Å². The van der Waals surface area contributed by atoms with Crippen LogP contribution in [0.4, 0.5) is 11.8 Å². The summed E-state index contributed by atoms with van der Waals surface area (Å²) in [7, 11) is 3.97. The fraction of sp³-hybridized carbons (Fsp3) is 0.450. The highest BCUT2D eigenvalue weighted by Crippen LogP contribution is 2.23. The van der Waals surface area contributed by atoms with E-state index in [1.807, 2.05) is 56.4 Å². The van der Waals surface area contributed by atoms with Crippen molar-refractivity contribution in [2.75, 3.05) is 24.3 Å². The van der Waals surface area contributed by atoms with Crippen LogP contribution in [0.15, 0.2) is 34.9 Å². The first kappa shape index (κ1) is 19.6. The van der Waals surface area contributed by atoms with Crippen molar-refractivity contribution in [3.8, 4) is 0 Å². The van der Waals surface area contributed by atoms with Gasteiger partial charge in [0.05, 0.1) is 0 Å². The average molecular weight is 432 g/mol. The van der Waals surface area contributed by atoms with Gasteiger partial charge in [0.2, 0.25) is 5.95 Å². The first-order valence-electron chi connectivity index (χ1n) is 9.26. The molecule has 1 amide bonds. The summed E-state index contributed by atoms with van der Waals surface area (Å²) in [5.41, 5.74) is 1.76. The lowest BCUT2D eigenvalue weighted by molar-refractivity contribution is 0.0926. The summed E-state index contributed by atoms with van der Waals surface area (Å²) in [4.78, 5) is 23.4. The van der Waals surface area contributed by atoms with Gasteiger partial charge in [-0.2, -0.15) is 4.98 Å². The van der Waals surface area contributed by atoms with Gasteiger partial charge in [0.15, 0.2) is 0 Å². The van der Waals surface area contributed by atoms with Gasteiger partial charge in [0.25, 0.3) is 5.91 Å². The Bertz CT molecular complexity index is 785. The summed E-state index contributed by atoms with van der Waals surface area (Å²) in [5.74, 6) is 1.60. The van der Waals surface area contributed by atoms with E-state index in [9.17, 15) is 4.79 Å². The number of aromatic nitrogens is 2. The molecule has 0 saturated heterocycles. The Morgan fingerprint density at radius 1 is 1.11 bits per heavy atom. The number of rotatable bonds is 5. The molecule has 1 aromatic heterocycles. The maximum absolute atomic E-state index is 12.4. The maximum atomic E-state index is 12.4. The van der Waals surface area contributed by atoms with Crippen LogP contribution < -0.4 is 15.5 Å². The zero-order valence-electron chi connectivity index (χ0n) is 16.0. The van der Waals surface area contributed by atoms with E-state index in [4.69, 9.17) is 0 Å². The number of amides is 1. The maximum Gasteiger partial charge on any atom is 0.251 e. The number of halogens is 1. The van der Waals surface area contributed by atoms with Gasteiger partial charge in [-0.1, -0.05) is 15.9 Å². The summed E-state index contributed by atoms with van der Waals surface area (Å²) < 4.78 is 0.974. The molecule has 0 radical (unpaired) electrons. The zero-order chi connectivity index (χ0) is 19.4. The van der Waals surface area contributed by atoms with Crippen molar-refractivity contribution in [2.45, 2.75) is 44.7 Å². The van der Waals surface area contributed by atoms with E-state index in [1.165, 1.54) is 0 Å². The van der Waals surface area contributed by atoms with E-state index in [0.717, 1.165) is 41.5 Å². The summed E-state index contributed by atoms with van der Waals surface area (Å²) in [5, 5.41) is 6.60. The van der Waals surface area contributed by atoms with Crippen LogP contribution in [0.5, 0.6) is 0 Å². The number of hydrogen-bond acceptors (Lipinski definition) is 5. The highest BCUT2D eigenvalue weighted by atomic mass is 79.9. The molecule has 3 rings (SSSR count). The van der Waals surface area contributed by atoms with Gasteiger partial charge in [0, 0.05) is 48.0 Å². The summed E-state index contributed by atoms with van der Waals surface area (Å²) in [6, 6.07) is 8.00. The number of aryl methyl sites for hydroxylation is 1. The molecule has 1 aliphatic rings. The SMILES string of the molecule is Cc1cnc(NC2CCC(NC(=O)c3ccc(Br)cc3)CC2)nc1N(C)C. The van der Waals surface area contributed by atoms with Gasteiger partial charge in [-0.05, 0) is 56.9 Å². The second-order valence-electron chi connectivity index (χ2n) is 7.27. The fourth-order valence-corrected chi connectivity index (χ4v) is 3.65. The zero-order valence-corrected chi connectivity index (χ0v) is 17.6. The second kappa shape index (κ2) is 8.69. The predicted molar refractivity (Wildman–Crippen MR) is 112 cm³/mol. The number of nitrogens with zero attached hydrogens (tertiary/aromatic N) is 3. The molecule has 0 atom stereocenters. The number of hydrogen-bond donors (Lipinski definition) is 2. The smallest absolute Gasteiger partial charge is 0.251 e. The van der Waals surface area contributed by atoms with E-state index in [2.05, 4.69) is 36.5 Å². The van der Waals surface area contributed by atoms with Gasteiger partial charge in [-0.3, -0.25) is 4.79 Å². The Hall–Kier alpha value is -2.15. The molecule has 0 spiro atoms. The molecule has 6 nitrogen and oxygen atoms in total. The summed E-state index contributed by atoms with van der Waals surface area (Å²) in [6.45, 7) is 2.01. The van der Waals surface area contributed by atoms with Crippen LogP contribution in [0.2, 0.25) is 0 Å². The number of anilines is 2. The van der Waals surface area contributed by atoms with Gasteiger partial charge in [-0.15, -0.1) is 0 Å². The summed E-state index contributed by atoms with van der Waals surface area (Å²) in [6.07, 6.45) is 5.73. The number of carbonyl (C=O) groups is 1. The summed E-state index contributed by atoms with van der Waals surface area (Å²) >= 11 is 3.39. The van der Waals surface area contributed by atoms with Crippen molar-refractivity contribution in [2.24, 2.45) is 0 Å². The molecule has 0 bridgehead atoms. The molecule has 1 fully saturated rings. The first-order chi connectivity index (χ1) is 12.9. The third-order valence-corrected chi connectivity index (χ3v) is 5.40. The third kappa shape index (κ3) is 5.19. The van der Waals surface area contributed by atoms with Crippen molar-refractivity contribution in [1.29, 1.82) is 0 Å². The molecule has 27 heavy (non-hydrogen) atoms. The van der Waals surface area contributed by atoms with Crippen molar-refractivity contribution in [3.63, 3.8) is 0 Å². The van der Waals surface area contributed by atoms with E-state index in [1.54, 1.807) is 0 Å². The third-order valence-electron chi connectivity index (χ3n) is 4.87. The second-order valence-corrected chi connectivity index (χ2v) is 8.18. The van der Waals surface area contributed by atoms with E-state index in [0.29, 0.717) is 17.6 Å². The molecule has 144 valence electrons. The van der Waals surface area contributed by atoms with E-state index < -0.39 is 0 Å². The molecule has 2 N–H and O–H groups in total. The van der Waals surface area contributed by atoms with Crippen LogP contribution in [0.3, 0.4) is 0 Å². The van der Waals surface area contributed by atoms with Crippen molar-refractivity contribution in [1.82, 2.24) is 15.3 Å². The molecular weight excluding hydrogens is 406 g/mol. The first-order valence-corrected chi connectivity index (χ1v) is 10.1. The highest BCUT2D eigenvalue weighted by molar-refractivity contribution is 9.10. The minimum Gasteiger partial charge on any atom is -0.362 e. The van der Waals surface area contributed by atoms with Gasteiger partial charge in [-0.25, -0.2) is 4.98 Å². The highest BCUT2D eigenvalue weighted by Gasteiger charge is 2.23. The quantitative estimate of drug-likeness (QED) is 0.753. The minimum atomic E-state index is -0.00333. The predicted octanol–water partition coefficient (Wildman–Crippen LogP) is 3.77. The van der Waals surface area contributed by atoms with Crippen molar-refractivity contribution >= 4 is 33.6 Å². The van der Waals surface area contributed by atoms with Crippen LogP contribution in [0.1, 0.15) is 41.6 Å². The largest absolute Gasteiger partial charge is 0.362 e. The molecule has 0 aliphatic heterocycles. The Morgan fingerprint density at radius 2 is 1.74 bits per heavy atom. The topological polar surface area (TPSA) is 70.1 Å². The van der Waals surface area contributed by atoms with E-state index >= 15 is 0 Å². The lowest BCUT2D eigenvalue weighted by atomic mass is 9.91. The van der Waals surface area contributed by atoms with Crippen LogP contribution in [0, 0.1) is 6.92 Å². The number of benzene rings is 1. The monoisotopic (exact) mass is 431 g/mol. The van der Waals surface area contributed by atoms with E-state index in [-0.39, 0.29) is 11.9 Å². The molecule has 1 saturated carbocycles.